The van der Waals surface area contributed by atoms with Crippen molar-refractivity contribution in [3.05, 3.63) is 69.4 Å². The average molecular weight is 449 g/mol. The predicted molar refractivity (Wildman–Crippen MR) is 133 cm³/mol. The van der Waals surface area contributed by atoms with Crippen LogP contribution in [0.4, 0.5) is 0 Å². The number of rotatable bonds is 6. The number of ether oxygens (including phenoxy) is 1. The molecule has 0 unspecified atom stereocenters. The normalized spacial score (nSPS) is 15.8. The minimum Gasteiger partial charge on any atom is -0.377 e. The Kier molecular flexibility index (Phi) is 6.16. The summed E-state index contributed by atoms with van der Waals surface area (Å²) in [6, 6.07) is 13.1. The van der Waals surface area contributed by atoms with Crippen LogP contribution in [-0.2, 0) is 30.9 Å². The van der Waals surface area contributed by atoms with Crippen LogP contribution in [0.25, 0.3) is 22.4 Å². The van der Waals surface area contributed by atoms with Gasteiger partial charge in [0.25, 0.3) is 0 Å². The zero-order valence-electron chi connectivity index (χ0n) is 19.5. The van der Waals surface area contributed by atoms with Crippen LogP contribution >= 0.6 is 11.6 Å². The van der Waals surface area contributed by atoms with Gasteiger partial charge in [-0.15, -0.1) is 0 Å². The SMILES string of the molecule is CCOCc1c(-c2cccc(Cl)c2)c(CN2CCCC2)n2c1-c1cc(C)c(C)cc1CC2. The number of likely N-dealkylation sites (tertiary alicyclic amines) is 1. The Hall–Kier alpha value is -2.07. The highest BCUT2D eigenvalue weighted by molar-refractivity contribution is 6.30. The van der Waals surface area contributed by atoms with Gasteiger partial charge in [0, 0.05) is 47.1 Å². The summed E-state index contributed by atoms with van der Waals surface area (Å²) in [5.41, 5.74) is 12.2. The van der Waals surface area contributed by atoms with E-state index < -0.39 is 0 Å². The first-order valence-electron chi connectivity index (χ1n) is 12.0. The zero-order chi connectivity index (χ0) is 22.2. The lowest BCUT2D eigenvalue weighted by Crippen LogP contribution is -2.22. The van der Waals surface area contributed by atoms with Gasteiger partial charge in [0.1, 0.15) is 0 Å². The maximum Gasteiger partial charge on any atom is 0.0744 e. The van der Waals surface area contributed by atoms with Gasteiger partial charge in [-0.1, -0.05) is 29.8 Å². The molecule has 3 nitrogen and oxygen atoms in total. The summed E-state index contributed by atoms with van der Waals surface area (Å²) < 4.78 is 8.67. The van der Waals surface area contributed by atoms with Gasteiger partial charge in [-0.25, -0.2) is 0 Å². The highest BCUT2D eigenvalue weighted by Gasteiger charge is 2.30. The molecule has 32 heavy (non-hydrogen) atoms. The highest BCUT2D eigenvalue weighted by atomic mass is 35.5. The minimum absolute atomic E-state index is 0.625. The molecule has 0 radical (unpaired) electrons. The first-order valence-corrected chi connectivity index (χ1v) is 12.4. The Morgan fingerprint density at radius 3 is 2.53 bits per heavy atom. The van der Waals surface area contributed by atoms with Gasteiger partial charge in [0.05, 0.1) is 12.3 Å². The summed E-state index contributed by atoms with van der Waals surface area (Å²) in [7, 11) is 0. The van der Waals surface area contributed by atoms with E-state index in [1.54, 1.807) is 0 Å². The Balaban J connectivity index is 1.77. The molecular formula is C28H33ClN2O. The number of fused-ring (bicyclic) bond motifs is 3. The molecule has 0 atom stereocenters. The molecular weight excluding hydrogens is 416 g/mol. The van der Waals surface area contributed by atoms with E-state index >= 15 is 0 Å². The third-order valence-electron chi connectivity index (χ3n) is 7.19. The third-order valence-corrected chi connectivity index (χ3v) is 7.42. The van der Waals surface area contributed by atoms with E-state index in [1.807, 2.05) is 6.07 Å². The van der Waals surface area contributed by atoms with Crippen molar-refractivity contribution in [1.29, 1.82) is 0 Å². The second kappa shape index (κ2) is 9.05. The molecule has 0 aliphatic carbocycles. The smallest absolute Gasteiger partial charge is 0.0744 e. The lowest BCUT2D eigenvalue weighted by atomic mass is 9.91. The van der Waals surface area contributed by atoms with Crippen molar-refractivity contribution < 1.29 is 4.74 Å². The van der Waals surface area contributed by atoms with Crippen molar-refractivity contribution in [3.63, 3.8) is 0 Å². The summed E-state index contributed by atoms with van der Waals surface area (Å²) in [5.74, 6) is 0. The van der Waals surface area contributed by atoms with Crippen LogP contribution in [0.5, 0.6) is 0 Å². The van der Waals surface area contributed by atoms with Crippen LogP contribution in [0.1, 0.15) is 47.7 Å². The number of benzene rings is 2. The van der Waals surface area contributed by atoms with Gasteiger partial charge in [-0.2, -0.15) is 0 Å². The monoisotopic (exact) mass is 448 g/mol. The molecule has 4 heteroatoms. The third kappa shape index (κ3) is 3.91. The van der Waals surface area contributed by atoms with Gasteiger partial charge in [-0.05, 0) is 93.6 Å². The standard InChI is InChI=1S/C28H33ClN2O/c1-4-32-18-25-27(22-8-7-9-23(29)16-22)26(17-30-11-5-6-12-30)31-13-10-21-14-19(2)20(3)15-24(21)28(25)31/h7-9,14-16H,4-6,10-13,17-18H2,1-3H3. The largest absolute Gasteiger partial charge is 0.377 e. The molecule has 2 aromatic carbocycles. The van der Waals surface area contributed by atoms with Gasteiger partial charge in [-0.3, -0.25) is 4.90 Å². The highest BCUT2D eigenvalue weighted by Crippen LogP contribution is 2.44. The van der Waals surface area contributed by atoms with E-state index in [0.717, 1.165) is 24.5 Å². The molecule has 0 N–H and O–H groups in total. The lowest BCUT2D eigenvalue weighted by Gasteiger charge is -2.25. The quantitative estimate of drug-likeness (QED) is 0.413. The molecule has 2 aliphatic heterocycles. The second-order valence-corrected chi connectivity index (χ2v) is 9.71. The summed E-state index contributed by atoms with van der Waals surface area (Å²) >= 11 is 6.47. The second-order valence-electron chi connectivity index (χ2n) is 9.27. The molecule has 0 bridgehead atoms. The van der Waals surface area contributed by atoms with Crippen LogP contribution < -0.4 is 0 Å². The fraction of sp³-hybridized carbons (Fsp3) is 0.429. The zero-order valence-corrected chi connectivity index (χ0v) is 20.3. The number of nitrogens with zero attached hydrogens (tertiary/aromatic N) is 2. The van der Waals surface area contributed by atoms with E-state index in [2.05, 4.69) is 60.6 Å². The van der Waals surface area contributed by atoms with Crippen LogP contribution in [0.3, 0.4) is 0 Å². The van der Waals surface area contributed by atoms with Crippen LogP contribution in [-0.4, -0.2) is 29.2 Å². The molecule has 0 spiro atoms. The molecule has 168 valence electrons. The van der Waals surface area contributed by atoms with Crippen molar-refractivity contribution in [2.45, 2.75) is 59.7 Å². The average Bonchev–Trinajstić information content (AvgIpc) is 3.40. The Morgan fingerprint density at radius 1 is 1.00 bits per heavy atom. The number of hydrogen-bond donors (Lipinski definition) is 0. The van der Waals surface area contributed by atoms with Crippen LogP contribution in [0.15, 0.2) is 36.4 Å². The molecule has 5 rings (SSSR count). The van der Waals surface area contributed by atoms with Gasteiger partial charge in [0.2, 0.25) is 0 Å². The summed E-state index contributed by atoms with van der Waals surface area (Å²) in [6.45, 7) is 12.2. The van der Waals surface area contributed by atoms with Gasteiger partial charge < -0.3 is 9.30 Å². The maximum absolute atomic E-state index is 6.47. The molecule has 3 heterocycles. The predicted octanol–water partition coefficient (Wildman–Crippen LogP) is 6.78. The Bertz CT molecular complexity index is 1140. The minimum atomic E-state index is 0.625. The lowest BCUT2D eigenvalue weighted by molar-refractivity contribution is 0.134. The van der Waals surface area contributed by atoms with E-state index in [4.69, 9.17) is 16.3 Å². The van der Waals surface area contributed by atoms with Crippen molar-refractivity contribution in [2.24, 2.45) is 0 Å². The van der Waals surface area contributed by atoms with Crippen LogP contribution in [0.2, 0.25) is 5.02 Å². The fourth-order valence-corrected chi connectivity index (χ4v) is 5.65. The van der Waals surface area contributed by atoms with Gasteiger partial charge in [0.15, 0.2) is 0 Å². The van der Waals surface area contributed by atoms with E-state index in [0.29, 0.717) is 13.2 Å². The molecule has 1 fully saturated rings. The van der Waals surface area contributed by atoms with Gasteiger partial charge >= 0.3 is 0 Å². The summed E-state index contributed by atoms with van der Waals surface area (Å²) in [4.78, 5) is 2.61. The van der Waals surface area contributed by atoms with Crippen molar-refractivity contribution in [3.8, 4) is 22.4 Å². The molecule has 0 saturated carbocycles. The first kappa shape index (κ1) is 21.8. The topological polar surface area (TPSA) is 17.4 Å². The fourth-order valence-electron chi connectivity index (χ4n) is 5.46. The van der Waals surface area contributed by atoms with Crippen molar-refractivity contribution >= 4 is 11.6 Å². The molecule has 0 amide bonds. The van der Waals surface area contributed by atoms with E-state index in [-0.39, 0.29) is 0 Å². The molecule has 1 aromatic heterocycles. The molecule has 3 aromatic rings. The number of aromatic nitrogens is 1. The maximum atomic E-state index is 6.47. The van der Waals surface area contributed by atoms with E-state index in [9.17, 15) is 0 Å². The Labute approximate surface area is 197 Å². The molecule has 2 aliphatic rings. The van der Waals surface area contributed by atoms with E-state index in [1.165, 1.54) is 76.3 Å². The number of hydrogen-bond acceptors (Lipinski definition) is 2. The summed E-state index contributed by atoms with van der Waals surface area (Å²) in [6.07, 6.45) is 3.68. The van der Waals surface area contributed by atoms with Crippen molar-refractivity contribution in [2.75, 3.05) is 19.7 Å². The molecule has 1 saturated heterocycles. The first-order chi connectivity index (χ1) is 15.6. The van der Waals surface area contributed by atoms with Crippen molar-refractivity contribution in [1.82, 2.24) is 9.47 Å². The summed E-state index contributed by atoms with van der Waals surface area (Å²) in [5, 5.41) is 0.785. The number of halogens is 1. The number of aryl methyl sites for hydroxylation is 3. The Morgan fingerprint density at radius 2 is 1.78 bits per heavy atom. The van der Waals surface area contributed by atoms with Crippen LogP contribution in [0, 0.1) is 13.8 Å².